The lowest BCUT2D eigenvalue weighted by Gasteiger charge is -2.21. The van der Waals surface area contributed by atoms with E-state index in [-0.39, 0.29) is 12.3 Å². The number of carbonyl (C=O) groups excluding carboxylic acids is 1. The number of aliphatic hydroxyl groups is 1. The van der Waals surface area contributed by atoms with E-state index in [2.05, 4.69) is 92.1 Å². The van der Waals surface area contributed by atoms with Crippen LogP contribution in [0.1, 0.15) is 200 Å². The molecular formula is C49H85NO5S. The highest BCUT2D eigenvalue weighted by molar-refractivity contribution is 7.85. The molecule has 0 aromatic heterocycles. The maximum absolute atomic E-state index is 12.6. The lowest BCUT2D eigenvalue weighted by molar-refractivity contribution is -0.122. The molecule has 0 bridgehead atoms. The second-order valence-electron chi connectivity index (χ2n) is 15.3. The van der Waals surface area contributed by atoms with Crippen molar-refractivity contribution in [2.75, 3.05) is 5.75 Å². The number of carbonyl (C=O) groups is 1. The monoisotopic (exact) mass is 800 g/mol. The summed E-state index contributed by atoms with van der Waals surface area (Å²) in [6, 6.07) is -1.08. The van der Waals surface area contributed by atoms with E-state index < -0.39 is 28.0 Å². The van der Waals surface area contributed by atoms with Gasteiger partial charge in [-0.1, -0.05) is 208 Å². The smallest absolute Gasteiger partial charge is 0.267 e. The van der Waals surface area contributed by atoms with Gasteiger partial charge in [0, 0.05) is 6.42 Å². The number of hydrogen-bond donors (Lipinski definition) is 3. The van der Waals surface area contributed by atoms with Gasteiger partial charge in [0.1, 0.15) is 0 Å². The van der Waals surface area contributed by atoms with Crippen LogP contribution < -0.4 is 5.32 Å². The third-order valence-corrected chi connectivity index (χ3v) is 10.6. The maximum atomic E-state index is 12.6. The Morgan fingerprint density at radius 3 is 1.27 bits per heavy atom. The fraction of sp³-hybridized carbons (Fsp3) is 0.694. The molecule has 7 heteroatoms. The molecule has 0 saturated heterocycles. The van der Waals surface area contributed by atoms with Crippen molar-refractivity contribution in [3.05, 3.63) is 85.1 Å². The highest BCUT2D eigenvalue weighted by Crippen LogP contribution is 2.15. The van der Waals surface area contributed by atoms with Gasteiger partial charge in [-0.05, 0) is 70.6 Å². The van der Waals surface area contributed by atoms with Crippen LogP contribution in [0.2, 0.25) is 0 Å². The van der Waals surface area contributed by atoms with Gasteiger partial charge in [0.15, 0.2) is 0 Å². The minimum atomic E-state index is -4.36. The molecule has 2 atom stereocenters. The van der Waals surface area contributed by atoms with Crippen molar-refractivity contribution in [3.63, 3.8) is 0 Å². The number of nitrogens with one attached hydrogen (secondary N) is 1. The summed E-state index contributed by atoms with van der Waals surface area (Å²) in [7, 11) is -4.36. The van der Waals surface area contributed by atoms with Crippen molar-refractivity contribution >= 4 is 16.0 Å². The van der Waals surface area contributed by atoms with Crippen LogP contribution in [0, 0.1) is 0 Å². The van der Waals surface area contributed by atoms with Crippen molar-refractivity contribution in [1.82, 2.24) is 5.32 Å². The molecule has 0 aliphatic carbocycles. The fourth-order valence-electron chi connectivity index (χ4n) is 6.45. The van der Waals surface area contributed by atoms with Gasteiger partial charge in [-0.2, -0.15) is 8.42 Å². The molecule has 0 aliphatic heterocycles. The lowest BCUT2D eigenvalue weighted by atomic mass is 10.0. The fourth-order valence-corrected chi connectivity index (χ4v) is 7.19. The van der Waals surface area contributed by atoms with Gasteiger partial charge < -0.3 is 10.4 Å². The Morgan fingerprint density at radius 2 is 0.857 bits per heavy atom. The van der Waals surface area contributed by atoms with E-state index in [0.717, 1.165) is 83.5 Å². The molecular weight excluding hydrogens is 715 g/mol. The second-order valence-corrected chi connectivity index (χ2v) is 16.8. The van der Waals surface area contributed by atoms with Crippen LogP contribution in [0.5, 0.6) is 0 Å². The van der Waals surface area contributed by atoms with E-state index in [9.17, 15) is 22.9 Å². The summed E-state index contributed by atoms with van der Waals surface area (Å²) >= 11 is 0. The standard InChI is InChI=1S/C49H85NO5S/c1-3-5-7-9-11-13-15-17-19-21-23-24-25-26-27-29-31-33-35-37-39-41-43-45-49(52)50-47(46-56(53,54)55)48(51)44-42-40-38-36-34-32-30-28-22-20-18-16-14-12-10-8-6-4-2/h5,7,11,13,17,19,23-24,26-27,31,33,42,44,47-48,51H,3-4,6,8-10,12,14-16,18,20-22,25,28-30,32,34-41,43,45-46H2,1-2H3,(H,50,52)(H,53,54,55)/b7-5-,13-11-,19-17-,24-23-,27-26-,33-31-,44-42+. The zero-order chi connectivity index (χ0) is 41.1. The number of hydrogen-bond acceptors (Lipinski definition) is 4. The first-order chi connectivity index (χ1) is 27.3. The van der Waals surface area contributed by atoms with Gasteiger partial charge in [0.2, 0.25) is 5.91 Å². The van der Waals surface area contributed by atoms with Gasteiger partial charge in [0.05, 0.1) is 17.9 Å². The minimum absolute atomic E-state index is 0.261. The normalized spacial score (nSPS) is 14.0. The van der Waals surface area contributed by atoms with E-state index in [1.54, 1.807) is 6.08 Å². The Morgan fingerprint density at radius 1 is 0.500 bits per heavy atom. The first-order valence-electron chi connectivity index (χ1n) is 22.8. The largest absolute Gasteiger partial charge is 0.387 e. The van der Waals surface area contributed by atoms with E-state index in [0.29, 0.717) is 6.42 Å². The molecule has 0 spiro atoms. The molecule has 0 heterocycles. The van der Waals surface area contributed by atoms with E-state index in [4.69, 9.17) is 0 Å². The van der Waals surface area contributed by atoms with E-state index in [1.165, 1.54) is 89.9 Å². The summed E-state index contributed by atoms with van der Waals surface area (Å²) < 4.78 is 32.6. The summed E-state index contributed by atoms with van der Waals surface area (Å²) in [4.78, 5) is 12.6. The number of rotatable bonds is 40. The molecule has 3 N–H and O–H groups in total. The van der Waals surface area contributed by atoms with Gasteiger partial charge in [-0.3, -0.25) is 9.35 Å². The van der Waals surface area contributed by atoms with E-state index >= 15 is 0 Å². The Balaban J connectivity index is 3.97. The van der Waals surface area contributed by atoms with Crippen LogP contribution in [-0.4, -0.2) is 41.9 Å². The average Bonchev–Trinajstić information content (AvgIpc) is 3.16. The number of amides is 1. The zero-order valence-corrected chi connectivity index (χ0v) is 36.8. The van der Waals surface area contributed by atoms with Gasteiger partial charge in [0.25, 0.3) is 10.1 Å². The van der Waals surface area contributed by atoms with Gasteiger partial charge in [-0.15, -0.1) is 0 Å². The van der Waals surface area contributed by atoms with Crippen molar-refractivity contribution < 1.29 is 22.9 Å². The highest BCUT2D eigenvalue weighted by atomic mass is 32.2. The third-order valence-electron chi connectivity index (χ3n) is 9.83. The molecule has 0 radical (unpaired) electrons. The Labute approximate surface area is 346 Å². The highest BCUT2D eigenvalue weighted by Gasteiger charge is 2.24. The van der Waals surface area contributed by atoms with Crippen LogP contribution in [0.25, 0.3) is 0 Å². The van der Waals surface area contributed by atoms with E-state index in [1.807, 2.05) is 6.08 Å². The lowest BCUT2D eigenvalue weighted by Crippen LogP contribution is -2.46. The van der Waals surface area contributed by atoms with Crippen LogP contribution in [-0.2, 0) is 14.9 Å². The average molecular weight is 800 g/mol. The van der Waals surface area contributed by atoms with Crippen LogP contribution >= 0.6 is 0 Å². The zero-order valence-electron chi connectivity index (χ0n) is 36.0. The van der Waals surface area contributed by atoms with Crippen molar-refractivity contribution in [2.45, 2.75) is 212 Å². The summed E-state index contributed by atoms with van der Waals surface area (Å²) in [5, 5.41) is 13.3. The summed E-state index contributed by atoms with van der Waals surface area (Å²) in [6.07, 6.45) is 61.4. The molecule has 0 aromatic carbocycles. The quantitative estimate of drug-likeness (QED) is 0.0325. The molecule has 322 valence electrons. The SMILES string of the molecule is CC/C=C\C/C=C\C/C=C\C/C=C\C/C=C\C/C=C\CCCCCCC(=O)NC(CS(=O)(=O)O)C(O)/C=C/CCCCCCCCCCCCCCCCCC. The van der Waals surface area contributed by atoms with Crippen molar-refractivity contribution in [1.29, 1.82) is 0 Å². The summed E-state index contributed by atoms with van der Waals surface area (Å²) in [6.45, 7) is 4.42. The Hall–Kier alpha value is -2.48. The third kappa shape index (κ3) is 42.7. The molecule has 0 rings (SSSR count). The minimum Gasteiger partial charge on any atom is -0.387 e. The first kappa shape index (κ1) is 53.5. The topological polar surface area (TPSA) is 104 Å². The molecule has 6 nitrogen and oxygen atoms in total. The van der Waals surface area contributed by atoms with Crippen molar-refractivity contribution in [2.24, 2.45) is 0 Å². The molecule has 0 aromatic rings. The maximum Gasteiger partial charge on any atom is 0.267 e. The number of unbranched alkanes of at least 4 members (excludes halogenated alkanes) is 20. The van der Waals surface area contributed by atoms with Gasteiger partial charge in [-0.25, -0.2) is 0 Å². The predicted molar refractivity (Wildman–Crippen MR) is 244 cm³/mol. The summed E-state index contributed by atoms with van der Waals surface area (Å²) in [5.41, 5.74) is 0. The number of aliphatic hydroxyl groups excluding tert-OH is 1. The second kappa shape index (κ2) is 42.1. The van der Waals surface area contributed by atoms with Crippen LogP contribution in [0.4, 0.5) is 0 Å². The Kier molecular flexibility index (Phi) is 40.3. The molecule has 56 heavy (non-hydrogen) atoms. The molecule has 2 unspecified atom stereocenters. The molecule has 0 fully saturated rings. The molecule has 0 saturated carbocycles. The van der Waals surface area contributed by atoms with Gasteiger partial charge >= 0.3 is 0 Å². The van der Waals surface area contributed by atoms with Crippen molar-refractivity contribution in [3.8, 4) is 0 Å². The molecule has 0 aliphatic rings. The predicted octanol–water partition coefficient (Wildman–Crippen LogP) is 14.0. The van der Waals surface area contributed by atoms with Crippen LogP contribution in [0.3, 0.4) is 0 Å². The van der Waals surface area contributed by atoms with Crippen LogP contribution in [0.15, 0.2) is 85.1 Å². The summed E-state index contributed by atoms with van der Waals surface area (Å²) in [5.74, 6) is -1.02. The molecule has 1 amide bonds. The number of allylic oxidation sites excluding steroid dienone is 13. The Bertz CT molecular complexity index is 1200. The first-order valence-corrected chi connectivity index (χ1v) is 24.4.